The van der Waals surface area contributed by atoms with Crippen molar-refractivity contribution < 1.29 is 4.79 Å². The van der Waals surface area contributed by atoms with Gasteiger partial charge < -0.3 is 4.90 Å². The molecule has 2 heterocycles. The smallest absolute Gasteiger partial charge is 0.274 e. The Morgan fingerprint density at radius 3 is 2.82 bits per heavy atom. The monoisotopic (exact) mass is 271 g/mol. The molecule has 0 spiro atoms. The van der Waals surface area contributed by atoms with Gasteiger partial charge >= 0.3 is 0 Å². The number of hydrogen-bond acceptors (Lipinski definition) is 4. The molecule has 6 heteroatoms. The molecule has 0 unspecified atom stereocenters. The average Bonchev–Trinajstić information content (AvgIpc) is 2.28. The van der Waals surface area contributed by atoms with Crippen LogP contribution in [0.15, 0.2) is 12.1 Å². The van der Waals surface area contributed by atoms with Gasteiger partial charge in [-0.05, 0) is 26.0 Å². The first kappa shape index (κ1) is 12.6. The van der Waals surface area contributed by atoms with Crippen LogP contribution in [0.4, 0.5) is 0 Å². The number of carbonyl (C=O) groups excluding carboxylic acids is 1. The van der Waals surface area contributed by atoms with Crippen molar-refractivity contribution in [3.05, 3.63) is 23.0 Å². The molecule has 2 rings (SSSR count). The molecule has 0 radical (unpaired) electrons. The van der Waals surface area contributed by atoms with E-state index in [-0.39, 0.29) is 10.7 Å². The minimum absolute atomic E-state index is 0.0671. The highest BCUT2D eigenvalue weighted by Crippen LogP contribution is 2.29. The Bertz CT molecular complexity index is 421. The molecule has 1 saturated heterocycles. The molecule has 1 aliphatic rings. The highest BCUT2D eigenvalue weighted by molar-refractivity contribution is 8.00. The minimum atomic E-state index is -0.0671. The van der Waals surface area contributed by atoms with Gasteiger partial charge in [0.05, 0.1) is 0 Å². The molecule has 4 nitrogen and oxygen atoms in total. The van der Waals surface area contributed by atoms with Crippen LogP contribution in [0.3, 0.4) is 0 Å². The van der Waals surface area contributed by atoms with Crippen molar-refractivity contribution in [2.24, 2.45) is 0 Å². The van der Waals surface area contributed by atoms with Gasteiger partial charge in [-0.15, -0.1) is 10.2 Å². The molecule has 0 N–H and O–H groups in total. The highest BCUT2D eigenvalue weighted by atomic mass is 35.5. The Balaban J connectivity index is 2.12. The molecule has 0 aliphatic carbocycles. The fourth-order valence-corrected chi connectivity index (χ4v) is 2.99. The zero-order valence-corrected chi connectivity index (χ0v) is 11.4. The number of carbonyl (C=O) groups is 1. The quantitative estimate of drug-likeness (QED) is 0.785. The van der Waals surface area contributed by atoms with E-state index in [1.54, 1.807) is 12.1 Å². The van der Waals surface area contributed by atoms with Gasteiger partial charge in [0.15, 0.2) is 10.8 Å². The van der Waals surface area contributed by atoms with Gasteiger partial charge in [0.1, 0.15) is 0 Å². The van der Waals surface area contributed by atoms with E-state index >= 15 is 0 Å². The van der Waals surface area contributed by atoms with Crippen molar-refractivity contribution in [1.82, 2.24) is 15.1 Å². The van der Waals surface area contributed by atoms with Crippen LogP contribution in [0, 0.1) is 0 Å². The molecule has 92 valence electrons. The fraction of sp³-hybridized carbons (Fsp3) is 0.545. The summed E-state index contributed by atoms with van der Waals surface area (Å²) in [7, 11) is 0. The standard InChI is InChI=1S/C11H14ClN3OS/c1-11(2)7-15(5-6-17-11)10(16)8-3-4-9(12)14-13-8/h3-4H,5-7H2,1-2H3. The van der Waals surface area contributed by atoms with Crippen molar-refractivity contribution in [1.29, 1.82) is 0 Å². The molecule has 1 fully saturated rings. The molecule has 1 aliphatic heterocycles. The number of rotatable bonds is 1. The van der Waals surface area contributed by atoms with Gasteiger partial charge in [-0.1, -0.05) is 11.6 Å². The Labute approximate surface area is 110 Å². The third-order valence-electron chi connectivity index (χ3n) is 2.56. The third-order valence-corrected chi connectivity index (χ3v) is 4.06. The van der Waals surface area contributed by atoms with Crippen LogP contribution in [0.2, 0.25) is 5.15 Å². The van der Waals surface area contributed by atoms with Crippen molar-refractivity contribution in [2.45, 2.75) is 18.6 Å². The predicted octanol–water partition coefficient (Wildman–Crippen LogP) is 2.10. The largest absolute Gasteiger partial charge is 0.335 e. The zero-order chi connectivity index (χ0) is 12.5. The third kappa shape index (κ3) is 3.10. The molecule has 0 saturated carbocycles. The van der Waals surface area contributed by atoms with Crippen molar-refractivity contribution in [3.8, 4) is 0 Å². The Kier molecular flexibility index (Phi) is 3.58. The van der Waals surface area contributed by atoms with Crippen LogP contribution < -0.4 is 0 Å². The highest BCUT2D eigenvalue weighted by Gasteiger charge is 2.30. The van der Waals surface area contributed by atoms with Crippen molar-refractivity contribution >= 4 is 29.3 Å². The zero-order valence-electron chi connectivity index (χ0n) is 9.81. The summed E-state index contributed by atoms with van der Waals surface area (Å²) >= 11 is 7.53. The topological polar surface area (TPSA) is 46.1 Å². The van der Waals surface area contributed by atoms with Gasteiger partial charge in [0.2, 0.25) is 0 Å². The predicted molar refractivity (Wildman–Crippen MR) is 69.5 cm³/mol. The molecular weight excluding hydrogens is 258 g/mol. The maximum absolute atomic E-state index is 12.2. The van der Waals surface area contributed by atoms with Gasteiger partial charge in [-0.2, -0.15) is 11.8 Å². The van der Waals surface area contributed by atoms with E-state index in [2.05, 4.69) is 24.0 Å². The lowest BCUT2D eigenvalue weighted by molar-refractivity contribution is 0.0741. The number of nitrogens with zero attached hydrogens (tertiary/aromatic N) is 3. The average molecular weight is 272 g/mol. The normalized spacial score (nSPS) is 19.1. The molecule has 17 heavy (non-hydrogen) atoms. The number of amides is 1. The summed E-state index contributed by atoms with van der Waals surface area (Å²) < 4.78 is 0.105. The number of halogens is 1. The van der Waals surface area contributed by atoms with Crippen LogP contribution >= 0.6 is 23.4 Å². The summed E-state index contributed by atoms with van der Waals surface area (Å²) in [4.78, 5) is 14.0. The molecule has 1 amide bonds. The summed E-state index contributed by atoms with van der Waals surface area (Å²) in [6.07, 6.45) is 0. The molecule has 0 bridgehead atoms. The summed E-state index contributed by atoms with van der Waals surface area (Å²) in [5, 5.41) is 7.82. The molecular formula is C11H14ClN3OS. The first-order valence-corrected chi connectivity index (χ1v) is 6.77. The molecule has 0 aromatic carbocycles. The van der Waals surface area contributed by atoms with E-state index in [4.69, 9.17) is 11.6 Å². The maximum atomic E-state index is 12.2. The maximum Gasteiger partial charge on any atom is 0.274 e. The van der Waals surface area contributed by atoms with Gasteiger partial charge in [-0.3, -0.25) is 4.79 Å². The fourth-order valence-electron chi connectivity index (χ4n) is 1.78. The summed E-state index contributed by atoms with van der Waals surface area (Å²) in [6.45, 7) is 5.79. The molecule has 1 aromatic rings. The lowest BCUT2D eigenvalue weighted by Crippen LogP contribution is -2.46. The lowest BCUT2D eigenvalue weighted by Gasteiger charge is -2.37. The molecule has 0 atom stereocenters. The first-order valence-electron chi connectivity index (χ1n) is 5.40. The second-order valence-corrected chi connectivity index (χ2v) is 6.77. The number of hydrogen-bond donors (Lipinski definition) is 0. The second kappa shape index (κ2) is 4.82. The van der Waals surface area contributed by atoms with Crippen LogP contribution in [0.1, 0.15) is 24.3 Å². The van der Waals surface area contributed by atoms with Gasteiger partial charge in [-0.25, -0.2) is 0 Å². The van der Waals surface area contributed by atoms with Gasteiger partial charge in [0.25, 0.3) is 5.91 Å². The number of thioether (sulfide) groups is 1. The van der Waals surface area contributed by atoms with Gasteiger partial charge in [0, 0.05) is 23.6 Å². The van der Waals surface area contributed by atoms with Crippen LogP contribution in [0.25, 0.3) is 0 Å². The van der Waals surface area contributed by atoms with Crippen LogP contribution in [0.5, 0.6) is 0 Å². The second-order valence-electron chi connectivity index (χ2n) is 4.58. The van der Waals surface area contributed by atoms with Crippen LogP contribution in [-0.4, -0.2) is 44.6 Å². The summed E-state index contributed by atoms with van der Waals surface area (Å²) in [5.41, 5.74) is 0.358. The van der Waals surface area contributed by atoms with Crippen molar-refractivity contribution in [3.63, 3.8) is 0 Å². The Morgan fingerprint density at radius 1 is 1.47 bits per heavy atom. The summed E-state index contributed by atoms with van der Waals surface area (Å²) in [5.74, 6) is 0.891. The molecule has 1 aromatic heterocycles. The lowest BCUT2D eigenvalue weighted by atomic mass is 10.1. The Morgan fingerprint density at radius 2 is 2.24 bits per heavy atom. The SMILES string of the molecule is CC1(C)CN(C(=O)c2ccc(Cl)nn2)CCS1. The van der Waals surface area contributed by atoms with Crippen molar-refractivity contribution in [2.75, 3.05) is 18.8 Å². The number of aromatic nitrogens is 2. The van der Waals surface area contributed by atoms with E-state index < -0.39 is 0 Å². The van der Waals surface area contributed by atoms with E-state index in [1.165, 1.54) is 0 Å². The van der Waals surface area contributed by atoms with E-state index in [1.807, 2.05) is 16.7 Å². The first-order chi connectivity index (χ1) is 7.98. The van der Waals surface area contributed by atoms with E-state index in [9.17, 15) is 4.79 Å². The van der Waals surface area contributed by atoms with E-state index in [0.717, 1.165) is 18.8 Å². The van der Waals surface area contributed by atoms with Crippen LogP contribution in [-0.2, 0) is 0 Å². The summed E-state index contributed by atoms with van der Waals surface area (Å²) in [6, 6.07) is 3.21. The minimum Gasteiger partial charge on any atom is -0.335 e. The Hall–Kier alpha value is -0.810. The van der Waals surface area contributed by atoms with E-state index in [0.29, 0.717) is 10.8 Å².